The highest BCUT2D eigenvalue weighted by Gasteiger charge is 2.11. The Morgan fingerprint density at radius 3 is 2.74 bits per heavy atom. The van der Waals surface area contributed by atoms with E-state index in [-0.39, 0.29) is 11.8 Å². The Bertz CT molecular complexity index is 547. The number of hydrogen-bond donors (Lipinski definition) is 1. The fourth-order valence-electron chi connectivity index (χ4n) is 1.72. The first kappa shape index (κ1) is 14.4. The number of rotatable bonds is 5. The maximum Gasteiger partial charge on any atom is 0.387 e. The number of alkyl halides is 2. The van der Waals surface area contributed by atoms with E-state index >= 15 is 0 Å². The minimum atomic E-state index is -2.82. The highest BCUT2D eigenvalue weighted by Crippen LogP contribution is 2.26. The summed E-state index contributed by atoms with van der Waals surface area (Å²) < 4.78 is 29.7. The summed E-state index contributed by atoms with van der Waals surface area (Å²) in [6.45, 7) is -2.82. The van der Waals surface area contributed by atoms with Gasteiger partial charge in [0.25, 0.3) is 0 Å². The molecule has 1 aromatic heterocycles. The lowest BCUT2D eigenvalue weighted by molar-refractivity contribution is -0.0498. The van der Waals surface area contributed by atoms with Crippen LogP contribution in [0.2, 0.25) is 0 Å². The topological polar surface area (TPSA) is 35.2 Å². The summed E-state index contributed by atoms with van der Waals surface area (Å²) in [4.78, 5) is 1.14. The molecule has 102 valence electrons. The highest BCUT2D eigenvalue weighted by atomic mass is 79.9. The Morgan fingerprint density at radius 1 is 1.32 bits per heavy atom. The zero-order chi connectivity index (χ0) is 13.8. The van der Waals surface area contributed by atoms with Crippen molar-refractivity contribution in [1.29, 1.82) is 0 Å². The van der Waals surface area contributed by atoms with Crippen LogP contribution in [0.3, 0.4) is 0 Å². The van der Waals surface area contributed by atoms with E-state index < -0.39 is 6.61 Å². The maximum atomic E-state index is 12.1. The molecule has 2 rings (SSSR count). The second kappa shape index (κ2) is 6.45. The molecule has 2 N–H and O–H groups in total. The summed E-state index contributed by atoms with van der Waals surface area (Å²) in [5.41, 5.74) is 6.86. The summed E-state index contributed by atoms with van der Waals surface area (Å²) in [7, 11) is 0. The molecule has 6 heteroatoms. The lowest BCUT2D eigenvalue weighted by Gasteiger charge is -2.12. The van der Waals surface area contributed by atoms with Crippen LogP contribution in [0.25, 0.3) is 0 Å². The zero-order valence-electron chi connectivity index (χ0n) is 9.85. The fraction of sp³-hybridized carbons (Fsp3) is 0.231. The molecule has 0 aliphatic carbocycles. The van der Waals surface area contributed by atoms with Gasteiger partial charge in [0.05, 0.1) is 0 Å². The Hall–Kier alpha value is -0.980. The molecule has 1 aromatic carbocycles. The van der Waals surface area contributed by atoms with Crippen molar-refractivity contribution < 1.29 is 13.5 Å². The average molecular weight is 348 g/mol. The normalized spacial score (nSPS) is 12.7. The van der Waals surface area contributed by atoms with Gasteiger partial charge in [0.2, 0.25) is 0 Å². The lowest BCUT2D eigenvalue weighted by Crippen LogP contribution is -2.13. The molecule has 0 amide bonds. The molecular formula is C13H12BrF2NOS. The van der Waals surface area contributed by atoms with Gasteiger partial charge in [-0.25, -0.2) is 0 Å². The molecule has 19 heavy (non-hydrogen) atoms. The van der Waals surface area contributed by atoms with E-state index in [1.165, 1.54) is 6.07 Å². The smallest absolute Gasteiger partial charge is 0.387 e. The van der Waals surface area contributed by atoms with Crippen molar-refractivity contribution >= 4 is 27.3 Å². The first-order valence-corrected chi connectivity index (χ1v) is 7.25. The van der Waals surface area contributed by atoms with Crippen LogP contribution in [-0.2, 0) is 6.42 Å². The Kier molecular flexibility index (Phi) is 4.90. The minimum absolute atomic E-state index is 0.135. The second-order valence-electron chi connectivity index (χ2n) is 3.99. The summed E-state index contributed by atoms with van der Waals surface area (Å²) in [5, 5.41) is 1.98. The quantitative estimate of drug-likeness (QED) is 0.872. The largest absolute Gasteiger partial charge is 0.435 e. The van der Waals surface area contributed by atoms with Crippen molar-refractivity contribution in [3.8, 4) is 5.75 Å². The molecule has 0 fully saturated rings. The molecule has 0 aliphatic rings. The monoisotopic (exact) mass is 347 g/mol. The Labute approximate surface area is 122 Å². The van der Waals surface area contributed by atoms with Crippen LogP contribution >= 0.6 is 27.3 Å². The van der Waals surface area contributed by atoms with Gasteiger partial charge in [-0.2, -0.15) is 8.78 Å². The van der Waals surface area contributed by atoms with Gasteiger partial charge in [-0.05, 0) is 39.7 Å². The second-order valence-corrected chi connectivity index (χ2v) is 5.90. The van der Waals surface area contributed by atoms with Crippen LogP contribution in [0.15, 0.2) is 40.2 Å². The molecule has 0 saturated carbocycles. The third-order valence-corrected chi connectivity index (χ3v) is 4.27. The number of hydrogen-bond acceptors (Lipinski definition) is 3. The number of ether oxygens (including phenoxy) is 1. The maximum absolute atomic E-state index is 12.1. The predicted octanol–water partition coefficient (Wildman–Crippen LogP) is 4.35. The molecule has 2 aromatic rings. The summed E-state index contributed by atoms with van der Waals surface area (Å²) >= 11 is 4.99. The van der Waals surface area contributed by atoms with Crippen molar-refractivity contribution in [3.05, 3.63) is 50.6 Å². The first-order chi connectivity index (χ1) is 9.04. The van der Waals surface area contributed by atoms with Gasteiger partial charge in [0, 0.05) is 27.2 Å². The summed E-state index contributed by atoms with van der Waals surface area (Å²) in [5.74, 6) is 0.135. The van der Waals surface area contributed by atoms with Crippen LogP contribution < -0.4 is 10.5 Å². The molecule has 1 unspecified atom stereocenters. The van der Waals surface area contributed by atoms with Crippen molar-refractivity contribution in [3.63, 3.8) is 0 Å². The Balaban J connectivity index is 2.08. The van der Waals surface area contributed by atoms with Crippen molar-refractivity contribution in [2.45, 2.75) is 19.1 Å². The minimum Gasteiger partial charge on any atom is -0.435 e. The molecule has 0 spiro atoms. The van der Waals surface area contributed by atoms with Gasteiger partial charge in [0.15, 0.2) is 0 Å². The van der Waals surface area contributed by atoms with Crippen LogP contribution in [-0.4, -0.2) is 6.61 Å². The van der Waals surface area contributed by atoms with E-state index in [9.17, 15) is 8.78 Å². The van der Waals surface area contributed by atoms with E-state index in [2.05, 4.69) is 20.7 Å². The van der Waals surface area contributed by atoms with Crippen LogP contribution in [0, 0.1) is 0 Å². The van der Waals surface area contributed by atoms with Gasteiger partial charge in [-0.3, -0.25) is 0 Å². The molecule has 1 heterocycles. The summed E-state index contributed by atoms with van der Waals surface area (Å²) in [6.07, 6.45) is 0.661. The average Bonchev–Trinajstić information content (AvgIpc) is 2.74. The van der Waals surface area contributed by atoms with Gasteiger partial charge in [0.1, 0.15) is 5.75 Å². The van der Waals surface area contributed by atoms with Crippen LogP contribution in [0.5, 0.6) is 5.75 Å². The standard InChI is InChI=1S/C13H12BrF2NOS/c14-9-5-11(19-7-9)6-12(17)8-2-1-3-10(4-8)18-13(15)16/h1-5,7,12-13H,6,17H2. The van der Waals surface area contributed by atoms with Crippen LogP contribution in [0.1, 0.15) is 16.5 Å². The van der Waals surface area contributed by atoms with Crippen molar-refractivity contribution in [2.75, 3.05) is 0 Å². The van der Waals surface area contributed by atoms with Crippen LogP contribution in [0.4, 0.5) is 8.78 Å². The number of halogens is 3. The van der Waals surface area contributed by atoms with Crippen molar-refractivity contribution in [2.24, 2.45) is 5.73 Å². The molecule has 0 radical (unpaired) electrons. The van der Waals surface area contributed by atoms with E-state index in [1.54, 1.807) is 23.5 Å². The zero-order valence-corrected chi connectivity index (χ0v) is 12.3. The number of nitrogens with two attached hydrogens (primary N) is 1. The highest BCUT2D eigenvalue weighted by molar-refractivity contribution is 9.10. The number of benzene rings is 1. The van der Waals surface area contributed by atoms with E-state index in [1.807, 2.05) is 17.5 Å². The summed E-state index contributed by atoms with van der Waals surface area (Å²) in [6, 6.07) is 8.28. The fourth-order valence-corrected chi connectivity index (χ4v) is 3.23. The first-order valence-electron chi connectivity index (χ1n) is 5.58. The van der Waals surface area contributed by atoms with Gasteiger partial charge in [-0.15, -0.1) is 11.3 Å². The molecule has 0 saturated heterocycles. The molecular weight excluding hydrogens is 336 g/mol. The van der Waals surface area contributed by atoms with Gasteiger partial charge >= 0.3 is 6.61 Å². The van der Waals surface area contributed by atoms with Crippen molar-refractivity contribution in [1.82, 2.24) is 0 Å². The molecule has 0 aliphatic heterocycles. The van der Waals surface area contributed by atoms with E-state index in [0.29, 0.717) is 6.42 Å². The molecule has 1 atom stereocenters. The molecule has 0 bridgehead atoms. The van der Waals surface area contributed by atoms with Gasteiger partial charge < -0.3 is 10.5 Å². The number of thiophene rings is 1. The van der Waals surface area contributed by atoms with E-state index in [0.717, 1.165) is 14.9 Å². The lowest BCUT2D eigenvalue weighted by atomic mass is 10.0. The molecule has 2 nitrogen and oxygen atoms in total. The SMILES string of the molecule is NC(Cc1cc(Br)cs1)c1cccc(OC(F)F)c1. The Morgan fingerprint density at radius 2 is 2.11 bits per heavy atom. The third kappa shape index (κ3) is 4.26. The van der Waals surface area contributed by atoms with E-state index in [4.69, 9.17) is 5.73 Å². The predicted molar refractivity (Wildman–Crippen MR) is 75.7 cm³/mol. The van der Waals surface area contributed by atoms with Gasteiger partial charge in [-0.1, -0.05) is 12.1 Å². The third-order valence-electron chi connectivity index (χ3n) is 2.55.